The molecule has 9 aromatic carbocycles. The van der Waals surface area contributed by atoms with Crippen LogP contribution in [0.2, 0.25) is 0 Å². The maximum atomic E-state index is 5.39. The monoisotopic (exact) mass is 947 g/mol. The number of nitrogens with zero attached hydrogens (tertiary/aromatic N) is 5. The molecule has 5 heteroatoms. The van der Waals surface area contributed by atoms with Gasteiger partial charge in [0.25, 0.3) is 0 Å². The Bertz CT molecular complexity index is 3970. The van der Waals surface area contributed by atoms with E-state index in [0.29, 0.717) is 17.6 Å². The number of rotatable bonds is 9. The summed E-state index contributed by atoms with van der Waals surface area (Å²) >= 11 is 0. The number of benzene rings is 9. The standard InChI is InChI=1S/C69H49N5/c1-6-16-46(17-7-1)50-26-30-52(31-27-50)67-70-68(53-32-28-51(29-33-53)47-18-8-2-9-19-47)72-69(71-67)74-65-40-35-55(49-22-12-4-13-23-49)43-61(65)62-45-57(37-41-66(62)74)56-36-39-64-60(44-56)59-42-54(48-20-10-3-11-21-48)34-38-63(59)73(64)58-24-14-5-15-25-58/h1-36,38-45,57,60,64H,37H2. The molecule has 2 aliphatic carbocycles. The number of aromatic nitrogens is 4. The summed E-state index contributed by atoms with van der Waals surface area (Å²) in [6.45, 7) is 0. The zero-order chi connectivity index (χ0) is 49.0. The number of fused-ring (bicyclic) bond motifs is 6. The first-order valence-corrected chi connectivity index (χ1v) is 25.6. The Hall–Kier alpha value is -9.45. The van der Waals surface area contributed by atoms with Crippen LogP contribution in [0.25, 0.3) is 96.3 Å². The smallest absolute Gasteiger partial charge is 0.238 e. The van der Waals surface area contributed by atoms with E-state index in [2.05, 4.69) is 276 Å². The quantitative estimate of drug-likeness (QED) is 0.145. The SMILES string of the molecule is C1=CC2C(C=C1C1C=c3c(n(-c4nc(-c5ccc(-c6ccccc6)cc5)nc(-c5ccc(-c6ccccc6)cc5)n4)c4ccc(-c5ccccc5)cc34)=CC1)c1cc(-c3ccccc3)ccc1N2c1ccccc1. The van der Waals surface area contributed by atoms with Gasteiger partial charge in [0.05, 0.1) is 16.9 Å². The Morgan fingerprint density at radius 2 is 0.892 bits per heavy atom. The van der Waals surface area contributed by atoms with Crippen LogP contribution >= 0.6 is 0 Å². The molecule has 14 rings (SSSR count). The van der Waals surface area contributed by atoms with E-state index < -0.39 is 0 Å². The van der Waals surface area contributed by atoms with E-state index in [-0.39, 0.29) is 17.9 Å². The lowest BCUT2D eigenvalue weighted by molar-refractivity contribution is 0.716. The highest BCUT2D eigenvalue weighted by Crippen LogP contribution is 2.50. The van der Waals surface area contributed by atoms with Crippen LogP contribution in [0, 0.1) is 5.92 Å². The van der Waals surface area contributed by atoms with E-state index >= 15 is 0 Å². The van der Waals surface area contributed by atoms with Gasteiger partial charge in [-0.3, -0.25) is 4.57 Å². The van der Waals surface area contributed by atoms with Crippen LogP contribution in [0.3, 0.4) is 0 Å². The topological polar surface area (TPSA) is 46.8 Å². The lowest BCUT2D eigenvalue weighted by Gasteiger charge is -2.30. The minimum Gasteiger partial charge on any atom is -0.333 e. The lowest BCUT2D eigenvalue weighted by Crippen LogP contribution is -2.34. The summed E-state index contributed by atoms with van der Waals surface area (Å²) in [5.41, 5.74) is 17.5. The van der Waals surface area contributed by atoms with Gasteiger partial charge in [-0.1, -0.05) is 231 Å². The third-order valence-electron chi connectivity index (χ3n) is 15.1. The van der Waals surface area contributed by atoms with Gasteiger partial charge in [0.2, 0.25) is 5.95 Å². The Morgan fingerprint density at radius 3 is 1.46 bits per heavy atom. The third-order valence-corrected chi connectivity index (χ3v) is 15.1. The Morgan fingerprint density at radius 1 is 0.419 bits per heavy atom. The highest BCUT2D eigenvalue weighted by molar-refractivity contribution is 5.89. The first kappa shape index (κ1) is 43.3. The van der Waals surface area contributed by atoms with Crippen molar-refractivity contribution in [1.82, 2.24) is 19.5 Å². The van der Waals surface area contributed by atoms with Crippen molar-refractivity contribution in [3.05, 3.63) is 277 Å². The molecular formula is C69H49N5. The molecule has 0 saturated carbocycles. The Balaban J connectivity index is 0.918. The van der Waals surface area contributed by atoms with Crippen LogP contribution in [0.5, 0.6) is 0 Å². The minimum absolute atomic E-state index is 0.154. The highest BCUT2D eigenvalue weighted by Gasteiger charge is 2.39. The van der Waals surface area contributed by atoms with Gasteiger partial charge in [0.1, 0.15) is 0 Å². The molecule has 3 aliphatic rings. The highest BCUT2D eigenvalue weighted by atomic mass is 15.2. The average Bonchev–Trinajstić information content (AvgIpc) is 3.99. The Labute approximate surface area is 430 Å². The van der Waals surface area contributed by atoms with Crippen molar-refractivity contribution < 1.29 is 0 Å². The fraction of sp³-hybridized carbons (Fsp3) is 0.0580. The van der Waals surface area contributed by atoms with Crippen molar-refractivity contribution in [3.63, 3.8) is 0 Å². The van der Waals surface area contributed by atoms with Gasteiger partial charge >= 0.3 is 0 Å². The molecule has 11 aromatic rings. The van der Waals surface area contributed by atoms with Crippen LogP contribution in [-0.4, -0.2) is 25.6 Å². The lowest BCUT2D eigenvalue weighted by atomic mass is 9.81. The van der Waals surface area contributed by atoms with Crippen molar-refractivity contribution in [2.75, 3.05) is 4.90 Å². The predicted octanol–water partition coefficient (Wildman–Crippen LogP) is 15.2. The summed E-state index contributed by atoms with van der Waals surface area (Å²) in [6.07, 6.45) is 13.2. The van der Waals surface area contributed by atoms with Gasteiger partial charge in [-0.25, -0.2) is 4.98 Å². The summed E-state index contributed by atoms with van der Waals surface area (Å²) in [7, 11) is 0. The number of hydrogen-bond donors (Lipinski definition) is 0. The van der Waals surface area contributed by atoms with Gasteiger partial charge in [-0.15, -0.1) is 0 Å². The minimum atomic E-state index is 0.154. The molecule has 74 heavy (non-hydrogen) atoms. The molecule has 350 valence electrons. The second kappa shape index (κ2) is 18.3. The normalized spacial score (nSPS) is 16.4. The van der Waals surface area contributed by atoms with Crippen molar-refractivity contribution in [3.8, 4) is 73.2 Å². The van der Waals surface area contributed by atoms with Crippen molar-refractivity contribution in [1.29, 1.82) is 0 Å². The summed E-state index contributed by atoms with van der Waals surface area (Å²) < 4.78 is 2.27. The fourth-order valence-electron chi connectivity index (χ4n) is 11.5. The van der Waals surface area contributed by atoms with E-state index in [1.165, 1.54) is 61.1 Å². The molecule has 1 aliphatic heterocycles. The van der Waals surface area contributed by atoms with E-state index in [1.54, 1.807) is 0 Å². The molecule has 3 unspecified atom stereocenters. The molecule has 0 N–H and O–H groups in total. The largest absolute Gasteiger partial charge is 0.333 e. The van der Waals surface area contributed by atoms with Crippen molar-refractivity contribution in [2.24, 2.45) is 5.92 Å². The van der Waals surface area contributed by atoms with Gasteiger partial charge in [-0.2, -0.15) is 9.97 Å². The first-order valence-electron chi connectivity index (χ1n) is 25.6. The molecule has 0 amide bonds. The molecule has 0 fully saturated rings. The molecule has 0 saturated heterocycles. The fourth-order valence-corrected chi connectivity index (χ4v) is 11.5. The molecule has 0 spiro atoms. The van der Waals surface area contributed by atoms with Gasteiger partial charge in [-0.05, 0) is 98.5 Å². The van der Waals surface area contributed by atoms with E-state index in [4.69, 9.17) is 15.0 Å². The average molecular weight is 948 g/mol. The third kappa shape index (κ3) is 7.78. The van der Waals surface area contributed by atoms with Gasteiger partial charge in [0, 0.05) is 44.9 Å². The van der Waals surface area contributed by atoms with Crippen molar-refractivity contribution >= 4 is 34.4 Å². The summed E-state index contributed by atoms with van der Waals surface area (Å²) in [5, 5.41) is 3.45. The Kier molecular flexibility index (Phi) is 10.7. The van der Waals surface area contributed by atoms with Crippen LogP contribution < -0.4 is 15.5 Å². The summed E-state index contributed by atoms with van der Waals surface area (Å²) in [6, 6.07) is 84.4. The van der Waals surface area contributed by atoms with Gasteiger partial charge in [0.15, 0.2) is 11.6 Å². The molecule has 0 bridgehead atoms. The number of para-hydroxylation sites is 1. The first-order chi connectivity index (χ1) is 36.7. The molecule has 3 atom stereocenters. The van der Waals surface area contributed by atoms with Crippen LogP contribution in [0.1, 0.15) is 17.9 Å². The molecule has 2 aromatic heterocycles. The number of allylic oxidation sites excluding steroid dienone is 2. The van der Waals surface area contributed by atoms with Crippen molar-refractivity contribution in [2.45, 2.75) is 18.4 Å². The maximum absolute atomic E-state index is 5.39. The number of hydrogen-bond acceptors (Lipinski definition) is 4. The summed E-state index contributed by atoms with van der Waals surface area (Å²) in [4.78, 5) is 18.5. The predicted molar refractivity (Wildman–Crippen MR) is 304 cm³/mol. The van der Waals surface area contributed by atoms with Crippen LogP contribution in [0.15, 0.2) is 260 Å². The van der Waals surface area contributed by atoms with Crippen LogP contribution in [-0.2, 0) is 0 Å². The van der Waals surface area contributed by atoms with Gasteiger partial charge < -0.3 is 4.90 Å². The maximum Gasteiger partial charge on any atom is 0.238 e. The second-order valence-electron chi connectivity index (χ2n) is 19.5. The molecule has 5 nitrogen and oxygen atoms in total. The molecule has 3 heterocycles. The molecule has 0 radical (unpaired) electrons. The van der Waals surface area contributed by atoms with E-state index in [9.17, 15) is 0 Å². The van der Waals surface area contributed by atoms with E-state index in [0.717, 1.165) is 44.9 Å². The zero-order valence-corrected chi connectivity index (χ0v) is 40.6. The second-order valence-corrected chi connectivity index (χ2v) is 19.5. The zero-order valence-electron chi connectivity index (χ0n) is 40.6. The van der Waals surface area contributed by atoms with Crippen LogP contribution in [0.4, 0.5) is 11.4 Å². The number of anilines is 2. The van der Waals surface area contributed by atoms with E-state index in [1.807, 2.05) is 0 Å². The molecular weight excluding hydrogens is 899 g/mol. The summed E-state index contributed by atoms with van der Waals surface area (Å²) in [5.74, 6) is 2.16.